The third-order valence-electron chi connectivity index (χ3n) is 3.25. The zero-order valence-corrected chi connectivity index (χ0v) is 10.7. The van der Waals surface area contributed by atoms with Crippen molar-refractivity contribution in [3.63, 3.8) is 0 Å². The van der Waals surface area contributed by atoms with Crippen molar-refractivity contribution in [3.8, 4) is 0 Å². The highest BCUT2D eigenvalue weighted by Crippen LogP contribution is 2.06. The first-order chi connectivity index (χ1) is 9.15. The van der Waals surface area contributed by atoms with Crippen LogP contribution >= 0.6 is 0 Å². The van der Waals surface area contributed by atoms with Crippen LogP contribution < -0.4 is 10.6 Å². The summed E-state index contributed by atoms with van der Waals surface area (Å²) in [7, 11) is 0. The first-order valence-electron chi connectivity index (χ1n) is 6.56. The van der Waals surface area contributed by atoms with E-state index in [1.807, 2.05) is 30.3 Å². The Balaban J connectivity index is 1.71. The minimum absolute atomic E-state index is 0.163. The Kier molecular flexibility index (Phi) is 4.90. The molecule has 1 aliphatic heterocycles. The van der Waals surface area contributed by atoms with Gasteiger partial charge in [0, 0.05) is 19.5 Å². The third kappa shape index (κ3) is 4.31. The topological polar surface area (TPSA) is 81.6 Å². The van der Waals surface area contributed by atoms with Crippen LogP contribution in [0.2, 0.25) is 0 Å². The summed E-state index contributed by atoms with van der Waals surface area (Å²) in [4.78, 5) is 11.8. The standard InChI is InChI=1S/C14H20N2O3/c17-11(6-10-4-2-1-3-5-10)9-16-14(19)13-7-12(18)8-15-13/h1-5,11-13,15,17-18H,6-9H2,(H,16,19)/t11-,12-,13+/m1/s1. The summed E-state index contributed by atoms with van der Waals surface area (Å²) >= 11 is 0. The van der Waals surface area contributed by atoms with Crippen LogP contribution in [-0.2, 0) is 11.2 Å². The molecule has 1 fully saturated rings. The van der Waals surface area contributed by atoms with E-state index in [0.717, 1.165) is 5.56 Å². The van der Waals surface area contributed by atoms with Crippen LogP contribution in [0, 0.1) is 0 Å². The Morgan fingerprint density at radius 1 is 1.42 bits per heavy atom. The van der Waals surface area contributed by atoms with Crippen LogP contribution in [0.1, 0.15) is 12.0 Å². The van der Waals surface area contributed by atoms with Gasteiger partial charge in [-0.3, -0.25) is 4.79 Å². The van der Waals surface area contributed by atoms with Gasteiger partial charge < -0.3 is 20.8 Å². The van der Waals surface area contributed by atoms with Crippen molar-refractivity contribution in [1.82, 2.24) is 10.6 Å². The van der Waals surface area contributed by atoms with Crippen molar-refractivity contribution in [1.29, 1.82) is 0 Å². The summed E-state index contributed by atoms with van der Waals surface area (Å²) < 4.78 is 0. The third-order valence-corrected chi connectivity index (χ3v) is 3.25. The van der Waals surface area contributed by atoms with Gasteiger partial charge in [-0.15, -0.1) is 0 Å². The zero-order chi connectivity index (χ0) is 13.7. The van der Waals surface area contributed by atoms with Crippen LogP contribution in [0.4, 0.5) is 0 Å². The average Bonchev–Trinajstić information content (AvgIpc) is 2.84. The molecule has 104 valence electrons. The molecule has 1 amide bonds. The number of nitrogens with one attached hydrogen (secondary N) is 2. The zero-order valence-electron chi connectivity index (χ0n) is 10.7. The maximum Gasteiger partial charge on any atom is 0.237 e. The quantitative estimate of drug-likeness (QED) is 0.574. The monoisotopic (exact) mass is 264 g/mol. The molecule has 1 aliphatic rings. The van der Waals surface area contributed by atoms with Gasteiger partial charge in [-0.25, -0.2) is 0 Å². The maximum atomic E-state index is 11.8. The molecule has 0 unspecified atom stereocenters. The molecule has 0 radical (unpaired) electrons. The van der Waals surface area contributed by atoms with Gasteiger partial charge in [0.2, 0.25) is 5.91 Å². The molecular formula is C14H20N2O3. The van der Waals surface area contributed by atoms with E-state index in [-0.39, 0.29) is 18.5 Å². The molecule has 1 aromatic rings. The number of carbonyl (C=O) groups is 1. The van der Waals surface area contributed by atoms with Gasteiger partial charge >= 0.3 is 0 Å². The van der Waals surface area contributed by atoms with E-state index in [4.69, 9.17) is 0 Å². The number of aliphatic hydroxyl groups is 2. The van der Waals surface area contributed by atoms with Crippen LogP contribution in [-0.4, -0.2) is 47.5 Å². The van der Waals surface area contributed by atoms with E-state index in [0.29, 0.717) is 19.4 Å². The number of carbonyl (C=O) groups excluding carboxylic acids is 1. The highest BCUT2D eigenvalue weighted by Gasteiger charge is 2.27. The lowest BCUT2D eigenvalue weighted by atomic mass is 10.1. The second kappa shape index (κ2) is 6.65. The first-order valence-corrected chi connectivity index (χ1v) is 6.56. The molecule has 0 aliphatic carbocycles. The lowest BCUT2D eigenvalue weighted by Crippen LogP contribution is -2.43. The summed E-state index contributed by atoms with van der Waals surface area (Å²) in [6, 6.07) is 9.31. The van der Waals surface area contributed by atoms with E-state index in [1.54, 1.807) is 0 Å². The van der Waals surface area contributed by atoms with Crippen molar-refractivity contribution < 1.29 is 15.0 Å². The predicted molar refractivity (Wildman–Crippen MR) is 71.6 cm³/mol. The van der Waals surface area contributed by atoms with E-state index in [1.165, 1.54) is 0 Å². The predicted octanol–water partition coefficient (Wildman–Crippen LogP) is -0.571. The van der Waals surface area contributed by atoms with E-state index >= 15 is 0 Å². The maximum absolute atomic E-state index is 11.8. The smallest absolute Gasteiger partial charge is 0.237 e. The van der Waals surface area contributed by atoms with Crippen LogP contribution in [0.3, 0.4) is 0 Å². The molecule has 1 saturated heterocycles. The first kappa shape index (κ1) is 14.0. The fourth-order valence-corrected chi connectivity index (χ4v) is 2.22. The minimum atomic E-state index is -0.599. The molecular weight excluding hydrogens is 244 g/mol. The lowest BCUT2D eigenvalue weighted by Gasteiger charge is -2.14. The summed E-state index contributed by atoms with van der Waals surface area (Å²) in [6.45, 7) is 0.673. The average molecular weight is 264 g/mol. The Hall–Kier alpha value is -1.43. The van der Waals surface area contributed by atoms with Gasteiger partial charge in [0.1, 0.15) is 0 Å². The molecule has 0 saturated carbocycles. The Labute approximate surface area is 112 Å². The van der Waals surface area contributed by atoms with E-state index in [2.05, 4.69) is 10.6 Å². The largest absolute Gasteiger partial charge is 0.392 e. The van der Waals surface area contributed by atoms with Crippen molar-refractivity contribution in [2.45, 2.75) is 31.1 Å². The lowest BCUT2D eigenvalue weighted by molar-refractivity contribution is -0.123. The summed E-state index contributed by atoms with van der Waals surface area (Å²) in [6.07, 6.45) is -0.106. The van der Waals surface area contributed by atoms with Gasteiger partial charge in [0.15, 0.2) is 0 Å². The number of amides is 1. The van der Waals surface area contributed by atoms with Crippen LogP contribution in [0.25, 0.3) is 0 Å². The molecule has 0 bridgehead atoms. The van der Waals surface area contributed by atoms with Crippen molar-refractivity contribution in [2.24, 2.45) is 0 Å². The molecule has 19 heavy (non-hydrogen) atoms. The van der Waals surface area contributed by atoms with E-state index < -0.39 is 12.2 Å². The second-order valence-corrected chi connectivity index (χ2v) is 4.94. The molecule has 4 N–H and O–H groups in total. The van der Waals surface area contributed by atoms with Crippen molar-refractivity contribution in [3.05, 3.63) is 35.9 Å². The molecule has 5 nitrogen and oxygen atoms in total. The number of hydrogen-bond acceptors (Lipinski definition) is 4. The van der Waals surface area contributed by atoms with Crippen LogP contribution in [0.15, 0.2) is 30.3 Å². The molecule has 2 rings (SSSR count). The minimum Gasteiger partial charge on any atom is -0.392 e. The number of benzene rings is 1. The van der Waals surface area contributed by atoms with Gasteiger partial charge in [-0.2, -0.15) is 0 Å². The number of β-amino-alcohol motifs (C(OH)–C–C–N with tert-alkyl or cyclic N) is 1. The van der Waals surface area contributed by atoms with E-state index in [9.17, 15) is 15.0 Å². The summed E-state index contributed by atoms with van der Waals surface area (Å²) in [5, 5.41) is 24.8. The second-order valence-electron chi connectivity index (χ2n) is 4.94. The summed E-state index contributed by atoms with van der Waals surface area (Å²) in [5.41, 5.74) is 1.04. The summed E-state index contributed by atoms with van der Waals surface area (Å²) in [5.74, 6) is -0.163. The molecule has 5 heteroatoms. The van der Waals surface area contributed by atoms with Gasteiger partial charge in [0.05, 0.1) is 18.2 Å². The molecule has 0 aromatic heterocycles. The number of aliphatic hydroxyl groups excluding tert-OH is 2. The van der Waals surface area contributed by atoms with Crippen LogP contribution in [0.5, 0.6) is 0 Å². The van der Waals surface area contributed by atoms with Crippen molar-refractivity contribution in [2.75, 3.05) is 13.1 Å². The number of rotatable bonds is 5. The highest BCUT2D eigenvalue weighted by atomic mass is 16.3. The van der Waals surface area contributed by atoms with Crippen molar-refractivity contribution >= 4 is 5.91 Å². The number of hydrogen-bond donors (Lipinski definition) is 4. The Bertz CT molecular complexity index is 410. The molecule has 0 spiro atoms. The molecule has 3 atom stereocenters. The van der Waals surface area contributed by atoms with Gasteiger partial charge in [-0.05, 0) is 12.0 Å². The van der Waals surface area contributed by atoms with Gasteiger partial charge in [0.25, 0.3) is 0 Å². The SMILES string of the molecule is O=C(NC[C@H](O)Cc1ccccc1)[C@@H]1C[C@@H](O)CN1. The fourth-order valence-electron chi connectivity index (χ4n) is 2.22. The normalized spacial score (nSPS) is 24.1. The Morgan fingerprint density at radius 2 is 2.16 bits per heavy atom. The molecule has 1 aromatic carbocycles. The molecule has 1 heterocycles. The highest BCUT2D eigenvalue weighted by molar-refractivity contribution is 5.82. The Morgan fingerprint density at radius 3 is 2.79 bits per heavy atom. The van der Waals surface area contributed by atoms with Gasteiger partial charge in [-0.1, -0.05) is 30.3 Å². The fraction of sp³-hybridized carbons (Fsp3) is 0.500.